The number of rotatable bonds is 0. The van der Waals surface area contributed by atoms with Crippen molar-refractivity contribution in [2.45, 2.75) is 0 Å². The molecule has 0 amide bonds. The summed E-state index contributed by atoms with van der Waals surface area (Å²) in [6.07, 6.45) is 4.94. The van der Waals surface area contributed by atoms with Crippen LogP contribution in [0.5, 0.6) is 0 Å². The summed E-state index contributed by atoms with van der Waals surface area (Å²) in [7, 11) is 0. The molecule has 0 saturated carbocycles. The number of terminal acetylenes is 1. The molecule has 44 valence electrons. The van der Waals surface area contributed by atoms with E-state index in [0.29, 0.717) is 0 Å². The van der Waals surface area contributed by atoms with E-state index in [1.54, 1.807) is 0 Å². The van der Waals surface area contributed by atoms with Gasteiger partial charge in [0.15, 0.2) is 0 Å². The minimum absolute atomic E-state index is 0. The molecule has 1 rings (SSSR count). The van der Waals surface area contributed by atoms with Gasteiger partial charge in [0.05, 0.1) is 0 Å². The fourth-order valence-corrected chi connectivity index (χ4v) is 0.522. The van der Waals surface area contributed by atoms with Crippen molar-refractivity contribution >= 4 is 0 Å². The molecule has 0 heterocycles. The zero-order valence-corrected chi connectivity index (χ0v) is 8.81. The van der Waals surface area contributed by atoms with Crippen molar-refractivity contribution in [2.24, 2.45) is 0 Å². The maximum atomic E-state index is 12.4. The van der Waals surface area contributed by atoms with Gasteiger partial charge in [-0.3, -0.25) is 0 Å². The molecule has 2 heteroatoms. The SMILES string of the molecule is C#Cc1c[c-]ccc1F.[K+]. The Labute approximate surface area is 102 Å². The third-order valence-corrected chi connectivity index (χ3v) is 0.966. The van der Waals surface area contributed by atoms with Crippen LogP contribution in [-0.2, 0) is 0 Å². The molecule has 0 saturated heterocycles. The summed E-state index contributed by atoms with van der Waals surface area (Å²) in [5.41, 5.74) is 0.262. The first kappa shape index (κ1) is 10.3. The summed E-state index contributed by atoms with van der Waals surface area (Å²) in [4.78, 5) is 0. The molecule has 0 bridgehead atoms. The minimum atomic E-state index is -0.365. The van der Waals surface area contributed by atoms with Crippen LogP contribution in [0.25, 0.3) is 0 Å². The Balaban J connectivity index is 0.000000810. The first-order valence-corrected chi connectivity index (χ1v) is 2.47. The predicted molar refractivity (Wildman–Crippen MR) is 33.2 cm³/mol. The molecule has 0 atom stereocenters. The van der Waals surface area contributed by atoms with E-state index in [1.807, 2.05) is 0 Å². The molecule has 0 N–H and O–H groups in total. The molecule has 0 nitrogen and oxygen atoms in total. The number of hydrogen-bond donors (Lipinski definition) is 0. The Kier molecular flexibility index (Phi) is 5.23. The van der Waals surface area contributed by atoms with E-state index in [1.165, 1.54) is 18.2 Å². The molecule has 10 heavy (non-hydrogen) atoms. The zero-order valence-electron chi connectivity index (χ0n) is 5.69. The maximum absolute atomic E-state index is 12.4. The summed E-state index contributed by atoms with van der Waals surface area (Å²) < 4.78 is 12.4. The predicted octanol–water partition coefficient (Wildman–Crippen LogP) is -1.39. The molecule has 0 aliphatic heterocycles. The van der Waals surface area contributed by atoms with Crippen molar-refractivity contribution in [3.8, 4) is 12.3 Å². The van der Waals surface area contributed by atoms with Gasteiger partial charge in [-0.1, -0.05) is 5.56 Å². The zero-order chi connectivity index (χ0) is 6.69. The normalized spacial score (nSPS) is 7.60. The van der Waals surface area contributed by atoms with Gasteiger partial charge in [-0.2, -0.15) is 18.2 Å². The van der Waals surface area contributed by atoms with Gasteiger partial charge in [-0.05, 0) is 0 Å². The van der Waals surface area contributed by atoms with Crippen molar-refractivity contribution < 1.29 is 55.8 Å². The average molecular weight is 158 g/mol. The van der Waals surface area contributed by atoms with Gasteiger partial charge in [-0.15, -0.1) is 18.4 Å². The van der Waals surface area contributed by atoms with E-state index in [2.05, 4.69) is 12.0 Å². The second kappa shape index (κ2) is 5.06. The van der Waals surface area contributed by atoms with E-state index in [0.717, 1.165) is 0 Å². The first-order chi connectivity index (χ1) is 4.34. The smallest absolute Gasteiger partial charge is 0.234 e. The Hall–Kier alpha value is 0.346. The molecule has 0 fully saturated rings. The van der Waals surface area contributed by atoms with Crippen LogP contribution in [0.3, 0.4) is 0 Å². The van der Waals surface area contributed by atoms with Crippen molar-refractivity contribution in [1.82, 2.24) is 0 Å². The molecule has 0 aromatic heterocycles. The summed E-state index contributed by atoms with van der Waals surface area (Å²) >= 11 is 0. The van der Waals surface area contributed by atoms with E-state index in [9.17, 15) is 4.39 Å². The fourth-order valence-electron chi connectivity index (χ4n) is 0.522. The average Bonchev–Trinajstić information content (AvgIpc) is 1.89. The third kappa shape index (κ3) is 2.53. The van der Waals surface area contributed by atoms with Gasteiger partial charge in [0.25, 0.3) is 0 Å². The van der Waals surface area contributed by atoms with Crippen molar-refractivity contribution in [3.05, 3.63) is 35.6 Å². The van der Waals surface area contributed by atoms with Crippen molar-refractivity contribution in [3.63, 3.8) is 0 Å². The molecule has 0 aliphatic carbocycles. The maximum Gasteiger partial charge on any atom is 1.00 e. The molecular formula is C8H4FK. The quantitative estimate of drug-likeness (QED) is 0.248. The number of benzene rings is 1. The van der Waals surface area contributed by atoms with Crippen LogP contribution in [0.2, 0.25) is 0 Å². The summed E-state index contributed by atoms with van der Waals surface area (Å²) in [5.74, 6) is 1.82. The van der Waals surface area contributed by atoms with Crippen LogP contribution in [0.1, 0.15) is 5.56 Å². The minimum Gasteiger partial charge on any atom is -0.234 e. The van der Waals surface area contributed by atoms with Crippen LogP contribution >= 0.6 is 0 Å². The fraction of sp³-hybridized carbons (Fsp3) is 0. The molecule has 1 aromatic carbocycles. The standard InChI is InChI=1S/C8H4F.K/c1-2-7-5-3-4-6-8(7)9;/h1,4-6H;/q-1;+1. The summed E-state index contributed by atoms with van der Waals surface area (Å²) in [6.45, 7) is 0. The van der Waals surface area contributed by atoms with Crippen molar-refractivity contribution in [1.29, 1.82) is 0 Å². The number of hydrogen-bond acceptors (Lipinski definition) is 0. The second-order valence-electron chi connectivity index (χ2n) is 1.55. The molecule has 0 unspecified atom stereocenters. The monoisotopic (exact) mass is 158 g/mol. The van der Waals surface area contributed by atoms with Crippen LogP contribution < -0.4 is 51.4 Å². The Bertz CT molecular complexity index is 250. The largest absolute Gasteiger partial charge is 1.00 e. The van der Waals surface area contributed by atoms with Crippen LogP contribution in [0.15, 0.2) is 18.2 Å². The van der Waals surface area contributed by atoms with Gasteiger partial charge < -0.3 is 0 Å². The summed E-state index contributed by atoms with van der Waals surface area (Å²) in [6, 6.07) is 6.88. The van der Waals surface area contributed by atoms with E-state index in [-0.39, 0.29) is 62.8 Å². The first-order valence-electron chi connectivity index (χ1n) is 2.47. The Morgan fingerprint density at radius 3 is 2.70 bits per heavy atom. The van der Waals surface area contributed by atoms with Crippen LogP contribution in [0, 0.1) is 24.2 Å². The van der Waals surface area contributed by atoms with Crippen LogP contribution in [0.4, 0.5) is 4.39 Å². The molecule has 0 aliphatic rings. The molecule has 1 aromatic rings. The van der Waals surface area contributed by atoms with E-state index in [4.69, 9.17) is 6.42 Å². The van der Waals surface area contributed by atoms with Gasteiger partial charge in [0.1, 0.15) is 0 Å². The van der Waals surface area contributed by atoms with Gasteiger partial charge in [-0.25, -0.2) is 4.39 Å². The topological polar surface area (TPSA) is 0 Å². The van der Waals surface area contributed by atoms with Gasteiger partial charge in [0.2, 0.25) is 0 Å². The van der Waals surface area contributed by atoms with Crippen LogP contribution in [-0.4, -0.2) is 0 Å². The molecule has 0 spiro atoms. The molecular weight excluding hydrogens is 154 g/mol. The third-order valence-electron chi connectivity index (χ3n) is 0.966. The van der Waals surface area contributed by atoms with E-state index < -0.39 is 0 Å². The van der Waals surface area contributed by atoms with Gasteiger partial charge in [0, 0.05) is 5.82 Å². The number of halogens is 1. The van der Waals surface area contributed by atoms with Crippen molar-refractivity contribution in [2.75, 3.05) is 0 Å². The Morgan fingerprint density at radius 2 is 2.30 bits per heavy atom. The Morgan fingerprint density at radius 1 is 1.60 bits per heavy atom. The van der Waals surface area contributed by atoms with E-state index >= 15 is 0 Å². The summed E-state index contributed by atoms with van der Waals surface area (Å²) in [5, 5.41) is 0. The van der Waals surface area contributed by atoms with Gasteiger partial charge >= 0.3 is 51.4 Å². The second-order valence-corrected chi connectivity index (χ2v) is 1.55. The molecule has 0 radical (unpaired) electrons.